The van der Waals surface area contributed by atoms with Gasteiger partial charge in [0.1, 0.15) is 5.82 Å². The summed E-state index contributed by atoms with van der Waals surface area (Å²) in [6, 6.07) is 11.8. The van der Waals surface area contributed by atoms with Crippen molar-refractivity contribution in [2.75, 3.05) is 6.26 Å². The number of hydrogen-bond acceptors (Lipinski definition) is 2. The van der Waals surface area contributed by atoms with Crippen molar-refractivity contribution < 1.29 is 14.3 Å². The normalized spacial score (nSPS) is 10.3. The van der Waals surface area contributed by atoms with Crippen LogP contribution in [0.25, 0.3) is 11.1 Å². The molecule has 92 valence electrons. The standard InChI is InChI=1S/C14H11FO2S/c1-18-11-5-2-9(3-6-11)10-4-7-12(14(16)17)13(15)8-10/h2-8H,1H3,(H,16,17). The van der Waals surface area contributed by atoms with E-state index in [1.807, 2.05) is 30.5 Å². The topological polar surface area (TPSA) is 37.3 Å². The minimum absolute atomic E-state index is 0.306. The van der Waals surface area contributed by atoms with Gasteiger partial charge in [-0.25, -0.2) is 9.18 Å². The van der Waals surface area contributed by atoms with Gasteiger partial charge in [-0.2, -0.15) is 0 Å². The Bertz CT molecular complexity index is 579. The lowest BCUT2D eigenvalue weighted by Crippen LogP contribution is -2.00. The third-order valence-corrected chi connectivity index (χ3v) is 3.37. The maximum absolute atomic E-state index is 13.5. The number of thioether (sulfide) groups is 1. The second-order valence-corrected chi connectivity index (χ2v) is 4.61. The summed E-state index contributed by atoms with van der Waals surface area (Å²) < 4.78 is 13.5. The van der Waals surface area contributed by atoms with Crippen LogP contribution >= 0.6 is 11.8 Å². The van der Waals surface area contributed by atoms with Gasteiger partial charge in [-0.1, -0.05) is 18.2 Å². The zero-order chi connectivity index (χ0) is 13.1. The van der Waals surface area contributed by atoms with Gasteiger partial charge in [-0.05, 0) is 41.6 Å². The second kappa shape index (κ2) is 5.23. The Morgan fingerprint density at radius 3 is 2.22 bits per heavy atom. The lowest BCUT2D eigenvalue weighted by Gasteiger charge is -2.04. The van der Waals surface area contributed by atoms with Crippen molar-refractivity contribution >= 4 is 17.7 Å². The van der Waals surface area contributed by atoms with Gasteiger partial charge in [0.15, 0.2) is 0 Å². The summed E-state index contributed by atoms with van der Waals surface area (Å²) in [5, 5.41) is 8.75. The Kier molecular flexibility index (Phi) is 3.67. The molecule has 0 saturated carbocycles. The van der Waals surface area contributed by atoms with Crippen molar-refractivity contribution in [1.29, 1.82) is 0 Å². The molecule has 0 amide bonds. The van der Waals surface area contributed by atoms with Gasteiger partial charge in [0.05, 0.1) is 5.56 Å². The van der Waals surface area contributed by atoms with Crippen LogP contribution in [-0.2, 0) is 0 Å². The fraction of sp³-hybridized carbons (Fsp3) is 0.0714. The van der Waals surface area contributed by atoms with E-state index in [1.54, 1.807) is 17.8 Å². The van der Waals surface area contributed by atoms with Crippen molar-refractivity contribution in [3.8, 4) is 11.1 Å². The van der Waals surface area contributed by atoms with E-state index in [0.717, 1.165) is 10.5 Å². The van der Waals surface area contributed by atoms with Gasteiger partial charge in [0, 0.05) is 4.90 Å². The van der Waals surface area contributed by atoms with E-state index in [9.17, 15) is 9.18 Å². The van der Waals surface area contributed by atoms with Gasteiger partial charge in [-0.3, -0.25) is 0 Å². The minimum atomic E-state index is -1.25. The van der Waals surface area contributed by atoms with Crippen molar-refractivity contribution in [3.63, 3.8) is 0 Å². The molecule has 0 aromatic heterocycles. The zero-order valence-electron chi connectivity index (χ0n) is 9.68. The summed E-state index contributed by atoms with van der Waals surface area (Å²) in [6.45, 7) is 0. The molecule has 0 aliphatic carbocycles. The van der Waals surface area contributed by atoms with Crippen LogP contribution in [0.2, 0.25) is 0 Å². The number of carboxylic acid groups (broad SMARTS) is 1. The first-order chi connectivity index (χ1) is 8.61. The average molecular weight is 262 g/mol. The average Bonchev–Trinajstić information content (AvgIpc) is 2.38. The molecule has 0 heterocycles. The summed E-state index contributed by atoms with van der Waals surface area (Å²) in [4.78, 5) is 11.8. The minimum Gasteiger partial charge on any atom is -0.478 e. The number of halogens is 1. The van der Waals surface area contributed by atoms with Gasteiger partial charge in [0.25, 0.3) is 0 Å². The molecule has 0 saturated heterocycles. The van der Waals surface area contributed by atoms with Crippen LogP contribution in [0.5, 0.6) is 0 Å². The van der Waals surface area contributed by atoms with Crippen LogP contribution in [0, 0.1) is 5.82 Å². The highest BCUT2D eigenvalue weighted by molar-refractivity contribution is 7.98. The fourth-order valence-corrected chi connectivity index (χ4v) is 2.06. The maximum Gasteiger partial charge on any atom is 0.338 e. The van der Waals surface area contributed by atoms with Gasteiger partial charge in [-0.15, -0.1) is 11.8 Å². The van der Waals surface area contributed by atoms with Crippen molar-refractivity contribution in [3.05, 3.63) is 53.8 Å². The predicted octanol–water partition coefficient (Wildman–Crippen LogP) is 3.91. The molecule has 0 bridgehead atoms. The van der Waals surface area contributed by atoms with Crippen LogP contribution in [0.1, 0.15) is 10.4 Å². The molecule has 2 rings (SSSR count). The molecule has 18 heavy (non-hydrogen) atoms. The number of aromatic carboxylic acids is 1. The van der Waals surface area contributed by atoms with Gasteiger partial charge >= 0.3 is 5.97 Å². The highest BCUT2D eigenvalue weighted by Crippen LogP contribution is 2.24. The van der Waals surface area contributed by atoms with E-state index in [0.29, 0.717) is 5.56 Å². The number of carbonyl (C=O) groups is 1. The number of benzene rings is 2. The smallest absolute Gasteiger partial charge is 0.338 e. The molecule has 2 aromatic carbocycles. The Labute approximate surface area is 108 Å². The van der Waals surface area contributed by atoms with Crippen LogP contribution in [0.3, 0.4) is 0 Å². The summed E-state index contributed by atoms with van der Waals surface area (Å²) >= 11 is 1.63. The lowest BCUT2D eigenvalue weighted by molar-refractivity contribution is 0.0692. The molecule has 0 atom stereocenters. The Hall–Kier alpha value is -1.81. The van der Waals surface area contributed by atoms with Crippen LogP contribution in [0.15, 0.2) is 47.4 Å². The van der Waals surface area contributed by atoms with E-state index in [4.69, 9.17) is 5.11 Å². The highest BCUT2D eigenvalue weighted by Gasteiger charge is 2.10. The first-order valence-corrected chi connectivity index (χ1v) is 6.51. The molecular weight excluding hydrogens is 251 g/mol. The molecule has 4 heteroatoms. The third kappa shape index (κ3) is 2.54. The number of carboxylic acids is 1. The number of rotatable bonds is 3. The Morgan fingerprint density at radius 2 is 1.72 bits per heavy atom. The molecule has 0 fully saturated rings. The molecule has 2 aromatic rings. The molecule has 2 nitrogen and oxygen atoms in total. The molecule has 0 aliphatic rings. The maximum atomic E-state index is 13.5. The SMILES string of the molecule is CSc1ccc(-c2ccc(C(=O)O)c(F)c2)cc1. The van der Waals surface area contributed by atoms with Crippen LogP contribution < -0.4 is 0 Å². The van der Waals surface area contributed by atoms with Crippen LogP contribution in [-0.4, -0.2) is 17.3 Å². The largest absolute Gasteiger partial charge is 0.478 e. The fourth-order valence-electron chi connectivity index (χ4n) is 1.65. The molecular formula is C14H11FO2S. The molecule has 0 unspecified atom stereocenters. The summed E-state index contributed by atoms with van der Waals surface area (Å²) in [7, 11) is 0. The van der Waals surface area contributed by atoms with E-state index >= 15 is 0 Å². The number of hydrogen-bond donors (Lipinski definition) is 1. The molecule has 0 spiro atoms. The first-order valence-electron chi connectivity index (χ1n) is 5.29. The zero-order valence-corrected chi connectivity index (χ0v) is 10.5. The monoisotopic (exact) mass is 262 g/mol. The van der Waals surface area contributed by atoms with E-state index < -0.39 is 11.8 Å². The molecule has 0 radical (unpaired) electrons. The predicted molar refractivity (Wildman–Crippen MR) is 70.6 cm³/mol. The van der Waals surface area contributed by atoms with Crippen molar-refractivity contribution in [1.82, 2.24) is 0 Å². The summed E-state index contributed by atoms with van der Waals surface area (Å²) in [5.74, 6) is -1.97. The molecule has 1 N–H and O–H groups in total. The lowest BCUT2D eigenvalue weighted by atomic mass is 10.0. The quantitative estimate of drug-likeness (QED) is 0.852. The summed E-state index contributed by atoms with van der Waals surface area (Å²) in [5.41, 5.74) is 1.23. The first kappa shape index (κ1) is 12.6. The summed E-state index contributed by atoms with van der Waals surface area (Å²) in [6.07, 6.45) is 1.98. The molecule has 0 aliphatic heterocycles. The van der Waals surface area contributed by atoms with Crippen molar-refractivity contribution in [2.24, 2.45) is 0 Å². The Morgan fingerprint density at radius 1 is 1.11 bits per heavy atom. The van der Waals surface area contributed by atoms with Crippen molar-refractivity contribution in [2.45, 2.75) is 4.90 Å². The van der Waals surface area contributed by atoms with Gasteiger partial charge in [0.2, 0.25) is 0 Å². The van der Waals surface area contributed by atoms with E-state index in [-0.39, 0.29) is 5.56 Å². The third-order valence-electron chi connectivity index (χ3n) is 2.62. The Balaban J connectivity index is 2.39. The van der Waals surface area contributed by atoms with Gasteiger partial charge < -0.3 is 5.11 Å². The second-order valence-electron chi connectivity index (χ2n) is 3.73. The van der Waals surface area contributed by atoms with E-state index in [2.05, 4.69) is 0 Å². The van der Waals surface area contributed by atoms with Crippen LogP contribution in [0.4, 0.5) is 4.39 Å². The highest BCUT2D eigenvalue weighted by atomic mass is 32.2. The van der Waals surface area contributed by atoms with E-state index in [1.165, 1.54) is 12.1 Å².